The molecule has 4 N–H and O–H groups in total. The highest BCUT2D eigenvalue weighted by Gasteiger charge is 2.41. The van der Waals surface area contributed by atoms with E-state index in [1.165, 1.54) is 0 Å². The zero-order valence-electron chi connectivity index (χ0n) is 19.1. The Kier molecular flexibility index (Phi) is 7.66. The first kappa shape index (κ1) is 23.5. The summed E-state index contributed by atoms with van der Waals surface area (Å²) in [6, 6.07) is 10.9. The summed E-state index contributed by atoms with van der Waals surface area (Å²) in [5, 5.41) is 11.9. The molecule has 0 aliphatic heterocycles. The molecule has 1 saturated carbocycles. The van der Waals surface area contributed by atoms with Crippen LogP contribution < -0.4 is 21.3 Å². The van der Waals surface area contributed by atoms with E-state index in [4.69, 9.17) is 0 Å². The molecule has 8 nitrogen and oxygen atoms in total. The molecule has 0 unspecified atom stereocenters. The lowest BCUT2D eigenvalue weighted by atomic mass is 9.62. The van der Waals surface area contributed by atoms with E-state index in [2.05, 4.69) is 52.0 Å². The minimum Gasteiger partial charge on any atom is -0.338 e. The summed E-state index contributed by atoms with van der Waals surface area (Å²) in [4.78, 5) is 33.2. The van der Waals surface area contributed by atoms with Crippen molar-refractivity contribution in [2.24, 2.45) is 10.8 Å². The van der Waals surface area contributed by atoms with Gasteiger partial charge in [-0.3, -0.25) is 9.97 Å². The second-order valence-corrected chi connectivity index (χ2v) is 9.76. The molecule has 8 heteroatoms. The number of amides is 4. The van der Waals surface area contributed by atoms with E-state index in [1.54, 1.807) is 12.4 Å². The van der Waals surface area contributed by atoms with E-state index in [1.807, 2.05) is 36.4 Å². The number of pyridine rings is 2. The lowest BCUT2D eigenvalue weighted by Crippen LogP contribution is -2.52. The van der Waals surface area contributed by atoms with Gasteiger partial charge in [0.15, 0.2) is 0 Å². The van der Waals surface area contributed by atoms with Crippen molar-refractivity contribution < 1.29 is 9.59 Å². The zero-order chi connectivity index (χ0) is 23.0. The predicted octanol–water partition coefficient (Wildman–Crippen LogP) is 3.36. The van der Waals surface area contributed by atoms with Crippen molar-refractivity contribution in [3.63, 3.8) is 0 Å². The second-order valence-electron chi connectivity index (χ2n) is 9.76. The van der Waals surface area contributed by atoms with E-state index in [0.29, 0.717) is 19.6 Å². The van der Waals surface area contributed by atoms with E-state index in [0.717, 1.165) is 30.7 Å². The Labute approximate surface area is 190 Å². The maximum atomic E-state index is 12.5. The molecular weight excluding hydrogens is 404 g/mol. The summed E-state index contributed by atoms with van der Waals surface area (Å²) in [5.41, 5.74) is 1.56. The molecular formula is C24H34N6O2. The molecule has 0 bridgehead atoms. The van der Waals surface area contributed by atoms with Gasteiger partial charge in [-0.2, -0.15) is 0 Å². The van der Waals surface area contributed by atoms with Gasteiger partial charge in [0, 0.05) is 25.0 Å². The minimum atomic E-state index is -0.210. The topological polar surface area (TPSA) is 108 Å². The van der Waals surface area contributed by atoms with Gasteiger partial charge in [0.05, 0.1) is 24.5 Å². The monoisotopic (exact) mass is 438 g/mol. The highest BCUT2D eigenvalue weighted by Crippen LogP contribution is 2.45. The predicted molar refractivity (Wildman–Crippen MR) is 124 cm³/mol. The van der Waals surface area contributed by atoms with Crippen molar-refractivity contribution in [2.45, 2.75) is 59.2 Å². The Bertz CT molecular complexity index is 890. The third kappa shape index (κ3) is 7.51. The average molecular weight is 439 g/mol. The number of aromatic nitrogens is 2. The summed E-state index contributed by atoms with van der Waals surface area (Å²) in [5.74, 6) is 0. The van der Waals surface area contributed by atoms with Crippen molar-refractivity contribution in [1.82, 2.24) is 31.2 Å². The van der Waals surface area contributed by atoms with Crippen molar-refractivity contribution >= 4 is 12.1 Å². The summed E-state index contributed by atoms with van der Waals surface area (Å²) in [6.45, 7) is 7.91. The Balaban J connectivity index is 1.48. The minimum absolute atomic E-state index is 0.0332. The molecule has 2 aromatic rings. The van der Waals surface area contributed by atoms with Gasteiger partial charge in [-0.05, 0) is 54.4 Å². The Morgan fingerprint density at radius 2 is 1.47 bits per heavy atom. The smallest absolute Gasteiger partial charge is 0.315 e. The summed E-state index contributed by atoms with van der Waals surface area (Å²) >= 11 is 0. The lowest BCUT2D eigenvalue weighted by Gasteiger charge is -2.46. The first-order valence-electron chi connectivity index (χ1n) is 11.1. The van der Waals surface area contributed by atoms with E-state index in [9.17, 15) is 9.59 Å². The fourth-order valence-corrected chi connectivity index (χ4v) is 4.81. The Hall–Kier alpha value is -3.16. The number of nitrogens with zero attached hydrogens (tertiary/aromatic N) is 2. The molecule has 1 fully saturated rings. The van der Waals surface area contributed by atoms with Gasteiger partial charge < -0.3 is 21.3 Å². The molecule has 1 aliphatic carbocycles. The number of carbonyl (C=O) groups excluding carboxylic acids is 2. The van der Waals surface area contributed by atoms with E-state index < -0.39 is 0 Å². The van der Waals surface area contributed by atoms with Crippen LogP contribution in [0, 0.1) is 10.8 Å². The van der Waals surface area contributed by atoms with Crippen LogP contribution in [0.1, 0.15) is 51.4 Å². The Morgan fingerprint density at radius 3 is 2.03 bits per heavy atom. The van der Waals surface area contributed by atoms with Gasteiger partial charge in [0.25, 0.3) is 0 Å². The summed E-state index contributed by atoms with van der Waals surface area (Å²) in [6.07, 6.45) is 6.08. The van der Waals surface area contributed by atoms with Crippen LogP contribution in [0.25, 0.3) is 0 Å². The maximum Gasteiger partial charge on any atom is 0.315 e. The molecule has 32 heavy (non-hydrogen) atoms. The molecule has 0 saturated heterocycles. The first-order valence-corrected chi connectivity index (χ1v) is 11.1. The SMILES string of the molecule is CC1(C)C[C@@H](NC(=O)NCc2ccccn2)C[C@](C)(CNC(=O)NCc2ccccn2)C1. The molecule has 0 spiro atoms. The number of rotatable bonds is 7. The fourth-order valence-electron chi connectivity index (χ4n) is 4.81. The zero-order valence-corrected chi connectivity index (χ0v) is 19.1. The average Bonchev–Trinajstić information content (AvgIpc) is 2.75. The van der Waals surface area contributed by atoms with Crippen LogP contribution in [-0.4, -0.2) is 34.6 Å². The second kappa shape index (κ2) is 10.4. The Morgan fingerprint density at radius 1 is 0.875 bits per heavy atom. The van der Waals surface area contributed by atoms with Gasteiger partial charge in [-0.25, -0.2) is 9.59 Å². The van der Waals surface area contributed by atoms with Gasteiger partial charge in [-0.15, -0.1) is 0 Å². The normalized spacial score (nSPS) is 21.9. The van der Waals surface area contributed by atoms with Crippen LogP contribution in [0.2, 0.25) is 0 Å². The van der Waals surface area contributed by atoms with E-state index >= 15 is 0 Å². The highest BCUT2D eigenvalue weighted by molar-refractivity contribution is 5.74. The molecule has 172 valence electrons. The molecule has 4 amide bonds. The van der Waals surface area contributed by atoms with Crippen LogP contribution in [0.3, 0.4) is 0 Å². The van der Waals surface area contributed by atoms with Gasteiger partial charge in [0.2, 0.25) is 0 Å². The van der Waals surface area contributed by atoms with Gasteiger partial charge in [0.1, 0.15) is 0 Å². The fraction of sp³-hybridized carbons (Fsp3) is 0.500. The van der Waals surface area contributed by atoms with Crippen LogP contribution >= 0.6 is 0 Å². The highest BCUT2D eigenvalue weighted by atomic mass is 16.2. The number of hydrogen-bond donors (Lipinski definition) is 4. The lowest BCUT2D eigenvalue weighted by molar-refractivity contribution is 0.0749. The third-order valence-electron chi connectivity index (χ3n) is 5.77. The van der Waals surface area contributed by atoms with Crippen LogP contribution in [-0.2, 0) is 13.1 Å². The largest absolute Gasteiger partial charge is 0.338 e. The van der Waals surface area contributed by atoms with Crippen molar-refractivity contribution in [3.8, 4) is 0 Å². The molecule has 2 aromatic heterocycles. The number of carbonyl (C=O) groups is 2. The van der Waals surface area contributed by atoms with Crippen molar-refractivity contribution in [3.05, 3.63) is 60.2 Å². The molecule has 2 atom stereocenters. The third-order valence-corrected chi connectivity index (χ3v) is 5.77. The number of urea groups is 2. The molecule has 3 rings (SSSR count). The molecule has 2 heterocycles. The van der Waals surface area contributed by atoms with Crippen molar-refractivity contribution in [2.75, 3.05) is 6.54 Å². The quantitative estimate of drug-likeness (QED) is 0.532. The maximum absolute atomic E-state index is 12.5. The summed E-state index contributed by atoms with van der Waals surface area (Å²) in [7, 11) is 0. The van der Waals surface area contributed by atoms with Crippen LogP contribution in [0.4, 0.5) is 9.59 Å². The van der Waals surface area contributed by atoms with Crippen molar-refractivity contribution in [1.29, 1.82) is 0 Å². The number of nitrogens with one attached hydrogen (secondary N) is 4. The molecule has 0 radical (unpaired) electrons. The van der Waals surface area contributed by atoms with E-state index in [-0.39, 0.29) is 28.9 Å². The van der Waals surface area contributed by atoms with Crippen LogP contribution in [0.15, 0.2) is 48.8 Å². The summed E-state index contributed by atoms with van der Waals surface area (Å²) < 4.78 is 0. The molecule has 1 aliphatic rings. The van der Waals surface area contributed by atoms with Crippen LogP contribution in [0.5, 0.6) is 0 Å². The number of hydrogen-bond acceptors (Lipinski definition) is 4. The molecule has 0 aromatic carbocycles. The van der Waals surface area contributed by atoms with Gasteiger partial charge >= 0.3 is 12.1 Å². The van der Waals surface area contributed by atoms with Gasteiger partial charge in [-0.1, -0.05) is 32.9 Å². The standard InChI is InChI=1S/C24H34N6O2/c1-23(2)12-20(30-22(32)28-15-19-9-5-7-11-26-19)13-24(3,16-23)17-29-21(31)27-14-18-8-4-6-10-25-18/h4-11,20H,12-17H2,1-3H3,(H2,27,29,31)(H2,28,30,32)/t20-,24+/m1/s1. The first-order chi connectivity index (χ1) is 15.2.